The first kappa shape index (κ1) is 106. The van der Waals surface area contributed by atoms with Crippen LogP contribution in [0.4, 0.5) is 161 Å². The van der Waals surface area contributed by atoms with Crippen molar-refractivity contribution in [3.63, 3.8) is 0 Å². The smallest absolute Gasteiger partial charge is 0.231 e. The maximum absolute atomic E-state index is 5.52. The van der Waals surface area contributed by atoms with E-state index in [1.165, 1.54) is 38.5 Å². The predicted octanol–water partition coefficient (Wildman–Crippen LogP) is 3.00. The van der Waals surface area contributed by atoms with Crippen molar-refractivity contribution in [2.24, 2.45) is 0 Å². The molecule has 0 spiro atoms. The summed E-state index contributed by atoms with van der Waals surface area (Å²) in [5, 5.41) is 26.4. The molecule has 0 aliphatic rings. The lowest BCUT2D eigenvalue weighted by Crippen LogP contribution is -2.22. The van der Waals surface area contributed by atoms with Gasteiger partial charge in [0.05, 0.1) is 0 Å². The van der Waals surface area contributed by atoms with Crippen LogP contribution in [-0.2, 0) is 0 Å². The van der Waals surface area contributed by atoms with Crippen molar-refractivity contribution in [3.8, 4) is 0 Å². The van der Waals surface area contributed by atoms with Crippen LogP contribution in [0.15, 0.2) is 0 Å². The van der Waals surface area contributed by atoms with Crippen molar-refractivity contribution in [1.82, 2.24) is 135 Å². The van der Waals surface area contributed by atoms with Gasteiger partial charge in [-0.2, -0.15) is 135 Å². The maximum atomic E-state index is 5.52. The third-order valence-electron chi connectivity index (χ3n) is 15.0. The molecule has 0 bridgehead atoms. The van der Waals surface area contributed by atoms with E-state index in [-0.39, 0.29) is 83.3 Å². The molecule has 54 nitrogen and oxygen atoms in total. The van der Waals surface area contributed by atoms with Gasteiger partial charge in [-0.15, -0.1) is 0 Å². The largest absolute Gasteiger partial charge is 0.368 e. The van der Waals surface area contributed by atoms with E-state index in [9.17, 15) is 0 Å². The van der Waals surface area contributed by atoms with E-state index in [2.05, 4.69) is 231 Å². The van der Waals surface area contributed by atoms with Gasteiger partial charge in [0.1, 0.15) is 0 Å². The molecule has 0 unspecified atom stereocenters. The molecule has 0 aliphatic carbocycles. The molecule has 122 heavy (non-hydrogen) atoms. The number of hydrogen-bond acceptors (Lipinski definition) is 54. The lowest BCUT2D eigenvalue weighted by Gasteiger charge is -2.16. The van der Waals surface area contributed by atoms with Gasteiger partial charge in [-0.05, 0) is 58.8 Å². The molecule has 0 fully saturated rings. The van der Waals surface area contributed by atoms with E-state index in [1.54, 1.807) is 28.2 Å². The van der Waals surface area contributed by atoms with Gasteiger partial charge in [0.2, 0.25) is 161 Å². The zero-order valence-electron chi connectivity index (χ0n) is 73.9. The average Bonchev–Trinajstić information content (AvgIpc) is 0.930. The lowest BCUT2D eigenvalue weighted by atomic mass is 10.2. The number of nitrogens with one attached hydrogen (secondary N) is 9. The standard InChI is InChI=1S/2C9H18N6.3C8H16N6.2C7H14N6.2C6H12N6/c1-3-4-5-6-15(2)9-13-7(10)12-8(11)14-9;1-3-4-5-6-12-9-14-7(10)13-8(11-2)15-9;1-3-4-5-14(2)8-12-6(9)11-7(10)13-8;1-3-4-5-11-8-13-6(9)12-7(10-2)14-8;1-2-3-4-5-11-8-13-6(9)12-7(10)14-8;1-3-4-13(2)7-11-5(8)10-6(9)12-7;1-3-4-10-7-12-5(8)11-6(9-2)13-7;1-3-12(2)6-10-4(7)9-5(8)11-6;1-3-9-6-11-4(7)10-5(8-2)12-6/h3-6H2,1-2H3,(H4,10,11,12,13,14);3-6H2,1-2H3,(H4,10,11,12,13,14,15);3-5H2,1-2H3,(H4,9,10,11,12,13);3-5H2,1-2H3,(H4,9,10,11,12,13,14);2-5H2,1H3,(H5,9,10,11,12,13,14);3-4H2,1-2H3,(H4,8,9,10,11,12);3-4H2,1-2H3,(H4,8,9,10,11,12,13);3H2,1-2H3,(H4,7,8,9,10,11);3H2,1-2H3,(H4,7,8,9,10,11,12). The number of nitrogens with zero attached hydrogens (tertiary/aromatic N) is 31. The van der Waals surface area contributed by atoms with E-state index in [4.69, 9.17) is 80.3 Å². The normalized spacial score (nSPS) is 9.94. The Kier molecular flexibility index (Phi) is 53.7. The summed E-state index contributed by atoms with van der Waals surface area (Å²) >= 11 is 0. The van der Waals surface area contributed by atoms with Gasteiger partial charge < -0.3 is 148 Å². The van der Waals surface area contributed by atoms with Crippen molar-refractivity contribution in [3.05, 3.63) is 0 Å². The fourth-order valence-corrected chi connectivity index (χ4v) is 8.79. The van der Waals surface area contributed by atoms with E-state index in [0.29, 0.717) is 77.3 Å². The van der Waals surface area contributed by atoms with E-state index < -0.39 is 0 Å². The first-order chi connectivity index (χ1) is 58.3. The summed E-state index contributed by atoms with van der Waals surface area (Å²) in [6, 6.07) is 0. The van der Waals surface area contributed by atoms with Crippen LogP contribution in [-0.4, -0.2) is 250 Å². The summed E-state index contributed by atoms with van der Waals surface area (Å²) in [7, 11) is 14.5. The molecular formula is C68H136N54. The van der Waals surface area contributed by atoms with Crippen LogP contribution < -0.4 is 148 Å². The highest BCUT2D eigenvalue weighted by Crippen LogP contribution is 2.15. The first-order valence-electron chi connectivity index (χ1n) is 39.9. The van der Waals surface area contributed by atoms with Gasteiger partial charge >= 0.3 is 0 Å². The van der Waals surface area contributed by atoms with Crippen LogP contribution in [0.1, 0.15) is 159 Å². The van der Waals surface area contributed by atoms with Gasteiger partial charge in [-0.25, -0.2) is 0 Å². The van der Waals surface area contributed by atoms with Crippen LogP contribution >= 0.6 is 0 Å². The number of unbranched alkanes of at least 4 members (excludes halogenated alkanes) is 8. The molecule has 9 rings (SSSR count). The topological polar surface area (TPSA) is 834 Å². The van der Waals surface area contributed by atoms with Crippen molar-refractivity contribution >= 4 is 161 Å². The molecule has 0 saturated carbocycles. The molecule has 0 radical (unpaired) electrons. The molecule has 9 aromatic heterocycles. The minimum absolute atomic E-state index is 0.149. The maximum Gasteiger partial charge on any atom is 0.231 e. The SMILES string of the molecule is CCCCCN(C)c1nc(N)nc(N)n1.CCCCCNc1nc(N)nc(N)n1.CCCCCNc1nc(N)nc(NC)n1.CCCCN(C)c1nc(N)nc(N)n1.CCCCNc1nc(N)nc(NC)n1.CCCN(C)c1nc(N)nc(N)n1.CCCNc1nc(N)nc(NC)n1.CCN(C)c1nc(N)nc(N)n1.CCNc1nc(N)nc(NC)n1. The van der Waals surface area contributed by atoms with Crippen LogP contribution in [0.25, 0.3) is 0 Å². The molecular weight excluding hydrogens is 1570 g/mol. The Morgan fingerprint density at radius 1 is 0.197 bits per heavy atom. The van der Waals surface area contributed by atoms with Crippen LogP contribution in [0.5, 0.6) is 0 Å². The molecule has 0 atom stereocenters. The molecule has 0 saturated heterocycles. The predicted molar refractivity (Wildman–Crippen MR) is 494 cm³/mol. The number of nitrogen functional groups attached to an aromatic ring is 14. The highest BCUT2D eigenvalue weighted by Gasteiger charge is 2.12. The molecule has 0 aromatic carbocycles. The third kappa shape index (κ3) is 47.8. The van der Waals surface area contributed by atoms with Gasteiger partial charge in [-0.3, -0.25) is 0 Å². The fourth-order valence-electron chi connectivity index (χ4n) is 8.79. The highest BCUT2D eigenvalue weighted by molar-refractivity contribution is 5.46. The van der Waals surface area contributed by atoms with Crippen LogP contribution in [0.3, 0.4) is 0 Å². The lowest BCUT2D eigenvalue weighted by molar-refractivity contribution is 0.696. The van der Waals surface area contributed by atoms with Crippen molar-refractivity contribution in [2.45, 2.75) is 159 Å². The second-order valence-electron chi connectivity index (χ2n) is 25.5. The number of aromatic nitrogens is 27. The number of nitrogens with two attached hydrogens (primary N) is 14. The molecule has 678 valence electrons. The Hall–Kier alpha value is -14.3. The summed E-state index contributed by atoms with van der Waals surface area (Å²) in [5.41, 5.74) is 76.2. The van der Waals surface area contributed by atoms with E-state index >= 15 is 0 Å². The summed E-state index contributed by atoms with van der Waals surface area (Å²) in [6.45, 7) is 26.4. The summed E-state index contributed by atoms with van der Waals surface area (Å²) in [5.74, 6) is 8.98. The van der Waals surface area contributed by atoms with Crippen LogP contribution in [0, 0.1) is 0 Å². The summed E-state index contributed by atoms with van der Waals surface area (Å²) in [4.78, 5) is 113. The molecule has 0 aliphatic heterocycles. The first-order valence-corrected chi connectivity index (χ1v) is 39.9. The fraction of sp³-hybridized carbons (Fsp3) is 0.603. The van der Waals surface area contributed by atoms with Gasteiger partial charge in [0, 0.05) is 115 Å². The number of hydrogen-bond donors (Lipinski definition) is 23. The Balaban J connectivity index is 0.000000687. The molecule has 9 aromatic rings. The Morgan fingerprint density at radius 3 is 0.680 bits per heavy atom. The van der Waals surface area contributed by atoms with Gasteiger partial charge in [0.25, 0.3) is 0 Å². The molecule has 54 heteroatoms. The zero-order valence-corrected chi connectivity index (χ0v) is 73.9. The minimum atomic E-state index is 0.149. The zero-order chi connectivity index (χ0) is 91.3. The number of anilines is 27. The van der Waals surface area contributed by atoms with Crippen LogP contribution in [0.2, 0.25) is 0 Å². The molecule has 9 heterocycles. The third-order valence-corrected chi connectivity index (χ3v) is 15.0. The number of rotatable bonds is 37. The Morgan fingerprint density at radius 2 is 0.418 bits per heavy atom. The second kappa shape index (κ2) is 62.0. The second-order valence-corrected chi connectivity index (χ2v) is 25.5. The molecule has 0 amide bonds. The Labute approximate surface area is 714 Å². The highest BCUT2D eigenvalue weighted by atomic mass is 15.3. The monoisotopic (exact) mass is 1710 g/mol. The van der Waals surface area contributed by atoms with Gasteiger partial charge in [-0.1, -0.05) is 99.8 Å². The van der Waals surface area contributed by atoms with Gasteiger partial charge in [0.15, 0.2) is 0 Å². The quantitative estimate of drug-likeness (QED) is 0.0249. The summed E-state index contributed by atoms with van der Waals surface area (Å²) < 4.78 is 0. The van der Waals surface area contributed by atoms with Crippen molar-refractivity contribution in [2.75, 3.05) is 263 Å². The van der Waals surface area contributed by atoms with Crippen molar-refractivity contribution < 1.29 is 0 Å². The minimum Gasteiger partial charge on any atom is -0.368 e. The molecule has 37 N–H and O–H groups in total. The van der Waals surface area contributed by atoms with Crippen molar-refractivity contribution in [1.29, 1.82) is 0 Å². The average molecular weight is 1710 g/mol. The van der Waals surface area contributed by atoms with E-state index in [0.717, 1.165) is 117 Å². The summed E-state index contributed by atoms with van der Waals surface area (Å²) in [6.07, 6.45) is 16.9. The Bertz CT molecular complexity index is 4180. The van der Waals surface area contributed by atoms with E-state index in [1.807, 2.05) is 61.6 Å².